The fourth-order valence-electron chi connectivity index (χ4n) is 2.29. The third-order valence-electron chi connectivity index (χ3n) is 3.54. The molecule has 1 aromatic heterocycles. The first-order chi connectivity index (χ1) is 10.9. The first-order valence-electron chi connectivity index (χ1n) is 6.99. The molecule has 9 heteroatoms. The Balaban J connectivity index is 1.93. The molecule has 0 unspecified atom stereocenters. The van der Waals surface area contributed by atoms with Gasteiger partial charge in [-0.3, -0.25) is 0 Å². The van der Waals surface area contributed by atoms with Crippen LogP contribution in [-0.4, -0.2) is 41.5 Å². The van der Waals surface area contributed by atoms with E-state index in [0.29, 0.717) is 12.8 Å². The molecule has 124 valence electrons. The molecule has 0 radical (unpaired) electrons. The maximum absolute atomic E-state index is 13.7. The summed E-state index contributed by atoms with van der Waals surface area (Å²) in [5.41, 5.74) is 0.0841. The maximum Gasteiger partial charge on any atom is 0.252 e. The zero-order chi connectivity index (χ0) is 16.6. The lowest BCUT2D eigenvalue weighted by Crippen LogP contribution is -2.36. The Morgan fingerprint density at radius 1 is 1.30 bits per heavy atom. The molecule has 5 nitrogen and oxygen atoms in total. The highest BCUT2D eigenvalue weighted by atomic mass is 32.2. The van der Waals surface area contributed by atoms with E-state index in [1.807, 2.05) is 0 Å². The van der Waals surface area contributed by atoms with Crippen LogP contribution < -0.4 is 0 Å². The van der Waals surface area contributed by atoms with Gasteiger partial charge in [-0.15, -0.1) is 0 Å². The van der Waals surface area contributed by atoms with Gasteiger partial charge in [0.1, 0.15) is 16.4 Å². The minimum absolute atomic E-state index is 0.0841. The summed E-state index contributed by atoms with van der Waals surface area (Å²) in [5, 5.41) is 3.84. The first kappa shape index (κ1) is 16.0. The second-order valence-electron chi connectivity index (χ2n) is 5.27. The van der Waals surface area contributed by atoms with Gasteiger partial charge in [0, 0.05) is 6.04 Å². The van der Waals surface area contributed by atoms with Crippen molar-refractivity contribution in [3.05, 3.63) is 42.5 Å². The van der Waals surface area contributed by atoms with Crippen molar-refractivity contribution < 1.29 is 21.6 Å². The highest BCUT2D eigenvalue weighted by Gasteiger charge is 2.40. The number of hydrogen-bond acceptors (Lipinski definition) is 3. The zero-order valence-electron chi connectivity index (χ0n) is 11.9. The van der Waals surface area contributed by atoms with Gasteiger partial charge in [-0.2, -0.15) is 9.40 Å². The highest BCUT2D eigenvalue weighted by Crippen LogP contribution is 2.32. The summed E-state index contributed by atoms with van der Waals surface area (Å²) in [6, 6.07) is 5.35. The number of benzene rings is 1. The molecule has 2 aromatic rings. The Labute approximate surface area is 131 Å². The van der Waals surface area contributed by atoms with E-state index in [1.54, 1.807) is 6.07 Å². The molecule has 0 saturated heterocycles. The minimum atomic E-state index is -4.09. The van der Waals surface area contributed by atoms with E-state index in [2.05, 4.69) is 5.10 Å². The van der Waals surface area contributed by atoms with Crippen molar-refractivity contribution in [2.75, 3.05) is 6.54 Å². The van der Waals surface area contributed by atoms with E-state index in [4.69, 9.17) is 0 Å². The van der Waals surface area contributed by atoms with Gasteiger partial charge in [-0.25, -0.2) is 26.3 Å². The monoisotopic (exact) mass is 345 g/mol. The lowest BCUT2D eigenvalue weighted by atomic mass is 10.3. The van der Waals surface area contributed by atoms with Crippen molar-refractivity contribution in [2.45, 2.75) is 30.2 Å². The summed E-state index contributed by atoms with van der Waals surface area (Å²) in [6.45, 7) is -0.849. The Kier molecular flexibility index (Phi) is 4.15. The van der Waals surface area contributed by atoms with Crippen molar-refractivity contribution in [1.29, 1.82) is 0 Å². The zero-order valence-corrected chi connectivity index (χ0v) is 12.8. The summed E-state index contributed by atoms with van der Waals surface area (Å²) in [4.78, 5) is -0.228. The summed E-state index contributed by atoms with van der Waals surface area (Å²) in [7, 11) is -4.09. The van der Waals surface area contributed by atoms with Crippen LogP contribution in [0.2, 0.25) is 0 Å². The molecule has 1 aliphatic carbocycles. The fraction of sp³-hybridized carbons (Fsp3) is 0.357. The van der Waals surface area contributed by atoms with E-state index >= 15 is 0 Å². The molecule has 1 aliphatic rings. The van der Waals surface area contributed by atoms with Crippen molar-refractivity contribution in [1.82, 2.24) is 14.1 Å². The van der Waals surface area contributed by atoms with Gasteiger partial charge in [-0.05, 0) is 25.0 Å². The van der Waals surface area contributed by atoms with Crippen LogP contribution in [0.1, 0.15) is 12.8 Å². The number of halogens is 3. The number of para-hydroxylation sites is 1. The summed E-state index contributed by atoms with van der Waals surface area (Å²) in [5.74, 6) is -0.564. The van der Waals surface area contributed by atoms with E-state index in [-0.39, 0.29) is 10.6 Å². The quantitative estimate of drug-likeness (QED) is 0.808. The predicted molar refractivity (Wildman–Crippen MR) is 76.4 cm³/mol. The molecular formula is C14H14F3N3O2S. The number of nitrogens with zero attached hydrogens (tertiary/aromatic N) is 3. The number of sulfonamides is 1. The first-order valence-corrected chi connectivity index (χ1v) is 8.43. The van der Waals surface area contributed by atoms with Crippen molar-refractivity contribution in [3.63, 3.8) is 0 Å². The highest BCUT2D eigenvalue weighted by molar-refractivity contribution is 7.89. The molecular weight excluding hydrogens is 331 g/mol. The van der Waals surface area contributed by atoms with Crippen LogP contribution in [0.25, 0.3) is 5.69 Å². The average molecular weight is 345 g/mol. The summed E-state index contributed by atoms with van der Waals surface area (Å²) < 4.78 is 66.0. The van der Waals surface area contributed by atoms with Gasteiger partial charge in [0.05, 0.1) is 18.9 Å². The normalized spacial score (nSPS) is 15.5. The third-order valence-corrected chi connectivity index (χ3v) is 5.41. The topological polar surface area (TPSA) is 55.2 Å². The Morgan fingerprint density at radius 2 is 2.00 bits per heavy atom. The van der Waals surface area contributed by atoms with Crippen LogP contribution in [0, 0.1) is 5.82 Å². The molecule has 23 heavy (non-hydrogen) atoms. The number of alkyl halides is 2. The second-order valence-corrected chi connectivity index (χ2v) is 7.16. The van der Waals surface area contributed by atoms with Gasteiger partial charge in [0.25, 0.3) is 6.43 Å². The van der Waals surface area contributed by atoms with Gasteiger partial charge >= 0.3 is 0 Å². The summed E-state index contributed by atoms with van der Waals surface area (Å²) in [6.07, 6.45) is 0.546. The smallest absolute Gasteiger partial charge is 0.237 e. The van der Waals surface area contributed by atoms with Crippen molar-refractivity contribution in [3.8, 4) is 5.69 Å². The lowest BCUT2D eigenvalue weighted by molar-refractivity contribution is 0.117. The predicted octanol–water partition coefficient (Wildman–Crippen LogP) is 2.43. The third kappa shape index (κ3) is 3.25. The largest absolute Gasteiger partial charge is 0.252 e. The number of rotatable bonds is 6. The molecule has 0 spiro atoms. The van der Waals surface area contributed by atoms with Crippen LogP contribution in [0.5, 0.6) is 0 Å². The van der Waals surface area contributed by atoms with Gasteiger partial charge in [0.2, 0.25) is 10.0 Å². The van der Waals surface area contributed by atoms with Crippen molar-refractivity contribution in [2.24, 2.45) is 0 Å². The van der Waals surface area contributed by atoms with Crippen LogP contribution in [0.3, 0.4) is 0 Å². The van der Waals surface area contributed by atoms with Crippen LogP contribution >= 0.6 is 0 Å². The molecule has 0 bridgehead atoms. The maximum atomic E-state index is 13.7. The molecule has 0 atom stereocenters. The van der Waals surface area contributed by atoms with Gasteiger partial charge in [-0.1, -0.05) is 12.1 Å². The Bertz CT molecular complexity index is 803. The second kappa shape index (κ2) is 5.97. The summed E-state index contributed by atoms with van der Waals surface area (Å²) >= 11 is 0. The molecule has 0 amide bonds. The van der Waals surface area contributed by atoms with E-state index in [9.17, 15) is 21.6 Å². The van der Waals surface area contributed by atoms with Gasteiger partial charge in [0.15, 0.2) is 0 Å². The van der Waals surface area contributed by atoms with Crippen LogP contribution in [0.15, 0.2) is 41.6 Å². The minimum Gasteiger partial charge on any atom is -0.237 e. The van der Waals surface area contributed by atoms with Gasteiger partial charge < -0.3 is 0 Å². The van der Waals surface area contributed by atoms with E-state index in [1.165, 1.54) is 18.2 Å². The van der Waals surface area contributed by atoms with E-state index in [0.717, 1.165) is 21.4 Å². The standard InChI is InChI=1S/C14H14F3N3O2S/c15-12-3-1-2-4-13(12)19-8-11(7-18-19)23(21,22)20(9-14(16)17)10-5-6-10/h1-4,7-8,10,14H,5-6,9H2. The Hall–Kier alpha value is -1.87. The molecule has 0 aliphatic heterocycles. The molecule has 3 rings (SSSR count). The Morgan fingerprint density at radius 3 is 2.61 bits per heavy atom. The van der Waals surface area contributed by atoms with Crippen LogP contribution in [0.4, 0.5) is 13.2 Å². The molecule has 1 aromatic carbocycles. The molecule has 1 heterocycles. The molecule has 1 fully saturated rings. The SMILES string of the molecule is O=S(=O)(c1cnn(-c2ccccc2F)c1)N(CC(F)F)C1CC1. The fourth-order valence-corrected chi connectivity index (χ4v) is 3.88. The average Bonchev–Trinajstić information content (AvgIpc) is 3.20. The van der Waals surface area contributed by atoms with Crippen LogP contribution in [-0.2, 0) is 10.0 Å². The van der Waals surface area contributed by atoms with Crippen molar-refractivity contribution >= 4 is 10.0 Å². The molecule has 1 saturated carbocycles. The number of hydrogen-bond donors (Lipinski definition) is 0. The number of aromatic nitrogens is 2. The molecule has 0 N–H and O–H groups in total. The van der Waals surface area contributed by atoms with E-state index < -0.39 is 34.9 Å². The lowest BCUT2D eigenvalue weighted by Gasteiger charge is -2.20.